The zero-order valence-electron chi connectivity index (χ0n) is 14.4. The van der Waals surface area contributed by atoms with Gasteiger partial charge in [-0.1, -0.05) is 51.1 Å². The van der Waals surface area contributed by atoms with Crippen LogP contribution in [-0.4, -0.2) is 19.1 Å². The Kier molecular flexibility index (Phi) is 5.96. The molecule has 0 aliphatic carbocycles. The lowest BCUT2D eigenvalue weighted by Gasteiger charge is -2.22. The van der Waals surface area contributed by atoms with E-state index in [1.807, 2.05) is 30.3 Å². The predicted molar refractivity (Wildman–Crippen MR) is 93.8 cm³/mol. The van der Waals surface area contributed by atoms with Gasteiger partial charge in [0.1, 0.15) is 11.6 Å². The molecule has 0 fully saturated rings. The second-order valence-corrected chi connectivity index (χ2v) is 6.76. The Morgan fingerprint density at radius 1 is 1.12 bits per heavy atom. The van der Waals surface area contributed by atoms with Gasteiger partial charge in [-0.05, 0) is 41.2 Å². The molecule has 0 heterocycles. The van der Waals surface area contributed by atoms with Crippen molar-refractivity contribution in [3.63, 3.8) is 0 Å². The number of ether oxygens (including phenoxy) is 1. The van der Waals surface area contributed by atoms with Crippen LogP contribution in [0.1, 0.15) is 31.9 Å². The lowest BCUT2D eigenvalue weighted by Crippen LogP contribution is -2.31. The van der Waals surface area contributed by atoms with Crippen LogP contribution in [0.15, 0.2) is 48.5 Å². The van der Waals surface area contributed by atoms with Gasteiger partial charge in [0.25, 0.3) is 5.91 Å². The Morgan fingerprint density at radius 3 is 2.58 bits per heavy atom. The Morgan fingerprint density at radius 2 is 1.88 bits per heavy atom. The summed E-state index contributed by atoms with van der Waals surface area (Å²) < 4.78 is 18.8. The monoisotopic (exact) mass is 329 g/mol. The van der Waals surface area contributed by atoms with Gasteiger partial charge in [-0.3, -0.25) is 4.79 Å². The number of halogens is 1. The summed E-state index contributed by atoms with van der Waals surface area (Å²) in [5, 5.41) is 2.79. The van der Waals surface area contributed by atoms with Crippen molar-refractivity contribution in [2.45, 2.75) is 32.6 Å². The van der Waals surface area contributed by atoms with E-state index >= 15 is 0 Å². The molecule has 0 aliphatic rings. The average Bonchev–Trinajstić information content (AvgIpc) is 2.52. The van der Waals surface area contributed by atoms with E-state index in [1.165, 1.54) is 12.1 Å². The van der Waals surface area contributed by atoms with Crippen molar-refractivity contribution in [2.75, 3.05) is 13.2 Å². The first-order valence-corrected chi connectivity index (χ1v) is 8.10. The van der Waals surface area contributed by atoms with Crippen molar-refractivity contribution >= 4 is 5.91 Å². The van der Waals surface area contributed by atoms with Crippen molar-refractivity contribution < 1.29 is 13.9 Å². The first-order valence-electron chi connectivity index (χ1n) is 8.10. The van der Waals surface area contributed by atoms with Crippen LogP contribution in [0.3, 0.4) is 0 Å². The van der Waals surface area contributed by atoms with Crippen LogP contribution in [-0.2, 0) is 16.6 Å². The molecular weight excluding hydrogens is 305 g/mol. The number of amides is 1. The van der Waals surface area contributed by atoms with Gasteiger partial charge in [0.2, 0.25) is 0 Å². The highest BCUT2D eigenvalue weighted by Crippen LogP contribution is 2.30. The van der Waals surface area contributed by atoms with E-state index in [1.54, 1.807) is 6.07 Å². The molecule has 128 valence electrons. The Hall–Kier alpha value is -2.36. The van der Waals surface area contributed by atoms with Crippen LogP contribution in [0.2, 0.25) is 0 Å². The molecule has 0 aromatic heterocycles. The molecule has 2 rings (SSSR count). The number of rotatable bonds is 6. The minimum atomic E-state index is -0.263. The predicted octanol–water partition coefficient (Wildman–Crippen LogP) is 3.86. The number of benzene rings is 2. The number of carbonyl (C=O) groups excluding carboxylic acids is 1. The standard InChI is InChI=1S/C20H24FNO2/c1-20(2,3)17-9-4-5-10-18(17)24-14-19(23)22-12-11-15-7-6-8-16(21)13-15/h4-10,13H,11-12,14H2,1-3H3,(H,22,23). The fraction of sp³-hybridized carbons (Fsp3) is 0.350. The molecule has 1 N–H and O–H groups in total. The molecule has 3 nitrogen and oxygen atoms in total. The molecule has 0 spiro atoms. The van der Waals surface area contributed by atoms with E-state index in [0.717, 1.165) is 16.9 Å². The number of carbonyl (C=O) groups is 1. The zero-order chi connectivity index (χ0) is 17.6. The summed E-state index contributed by atoms with van der Waals surface area (Å²) >= 11 is 0. The third-order valence-corrected chi connectivity index (χ3v) is 3.68. The van der Waals surface area contributed by atoms with Crippen LogP contribution in [0.5, 0.6) is 5.75 Å². The lowest BCUT2D eigenvalue weighted by molar-refractivity contribution is -0.123. The second kappa shape index (κ2) is 7.95. The van der Waals surface area contributed by atoms with Crippen molar-refractivity contribution in [1.82, 2.24) is 5.32 Å². The molecule has 4 heteroatoms. The Labute approximate surface area is 142 Å². The Balaban J connectivity index is 1.82. The van der Waals surface area contributed by atoms with E-state index in [4.69, 9.17) is 4.74 Å². The van der Waals surface area contributed by atoms with Crippen LogP contribution >= 0.6 is 0 Å². The smallest absolute Gasteiger partial charge is 0.257 e. The van der Waals surface area contributed by atoms with Gasteiger partial charge >= 0.3 is 0 Å². The molecule has 2 aromatic rings. The third-order valence-electron chi connectivity index (χ3n) is 3.68. The summed E-state index contributed by atoms with van der Waals surface area (Å²) in [7, 11) is 0. The summed E-state index contributed by atoms with van der Waals surface area (Å²) in [6.45, 7) is 6.74. The van der Waals surface area contributed by atoms with Crippen molar-refractivity contribution in [1.29, 1.82) is 0 Å². The van der Waals surface area contributed by atoms with Crippen molar-refractivity contribution in [3.05, 3.63) is 65.5 Å². The maximum absolute atomic E-state index is 13.1. The molecule has 24 heavy (non-hydrogen) atoms. The minimum Gasteiger partial charge on any atom is -0.483 e. The topological polar surface area (TPSA) is 38.3 Å². The molecule has 0 saturated heterocycles. The van der Waals surface area contributed by atoms with E-state index in [0.29, 0.717) is 13.0 Å². The van der Waals surface area contributed by atoms with Crippen LogP contribution in [0.4, 0.5) is 4.39 Å². The first kappa shape index (κ1) is 18.0. The minimum absolute atomic E-state index is 0.0315. The molecule has 0 saturated carbocycles. The summed E-state index contributed by atoms with van der Waals surface area (Å²) in [6.07, 6.45) is 0.585. The van der Waals surface area contributed by atoms with E-state index in [2.05, 4.69) is 26.1 Å². The number of para-hydroxylation sites is 1. The zero-order valence-corrected chi connectivity index (χ0v) is 14.4. The number of nitrogens with one attached hydrogen (secondary N) is 1. The number of hydrogen-bond acceptors (Lipinski definition) is 2. The lowest BCUT2D eigenvalue weighted by atomic mass is 9.86. The van der Waals surface area contributed by atoms with E-state index in [9.17, 15) is 9.18 Å². The van der Waals surface area contributed by atoms with Crippen molar-refractivity contribution in [3.8, 4) is 5.75 Å². The highest BCUT2D eigenvalue weighted by Gasteiger charge is 2.18. The van der Waals surface area contributed by atoms with Crippen LogP contribution in [0.25, 0.3) is 0 Å². The highest BCUT2D eigenvalue weighted by molar-refractivity contribution is 5.77. The Bertz CT molecular complexity index is 692. The molecule has 0 radical (unpaired) electrons. The van der Waals surface area contributed by atoms with Gasteiger partial charge in [0.15, 0.2) is 6.61 Å². The molecule has 0 unspecified atom stereocenters. The summed E-state index contributed by atoms with van der Waals surface area (Å²) in [5.41, 5.74) is 1.87. The van der Waals surface area contributed by atoms with Gasteiger partial charge in [0, 0.05) is 6.54 Å². The quantitative estimate of drug-likeness (QED) is 0.874. The van der Waals surface area contributed by atoms with Crippen LogP contribution in [0, 0.1) is 5.82 Å². The number of hydrogen-bond donors (Lipinski definition) is 1. The fourth-order valence-electron chi connectivity index (χ4n) is 2.45. The molecule has 0 bridgehead atoms. The normalized spacial score (nSPS) is 11.2. The molecule has 2 aromatic carbocycles. The van der Waals surface area contributed by atoms with E-state index < -0.39 is 0 Å². The maximum atomic E-state index is 13.1. The van der Waals surface area contributed by atoms with Gasteiger partial charge < -0.3 is 10.1 Å². The highest BCUT2D eigenvalue weighted by atomic mass is 19.1. The van der Waals surface area contributed by atoms with Gasteiger partial charge in [-0.25, -0.2) is 4.39 Å². The molecular formula is C20H24FNO2. The second-order valence-electron chi connectivity index (χ2n) is 6.76. The van der Waals surface area contributed by atoms with Crippen LogP contribution < -0.4 is 10.1 Å². The van der Waals surface area contributed by atoms with Gasteiger partial charge in [-0.2, -0.15) is 0 Å². The van der Waals surface area contributed by atoms with Gasteiger partial charge in [0.05, 0.1) is 0 Å². The van der Waals surface area contributed by atoms with Gasteiger partial charge in [-0.15, -0.1) is 0 Å². The van der Waals surface area contributed by atoms with E-state index in [-0.39, 0.29) is 23.7 Å². The fourth-order valence-corrected chi connectivity index (χ4v) is 2.45. The SMILES string of the molecule is CC(C)(C)c1ccccc1OCC(=O)NCCc1cccc(F)c1. The summed E-state index contributed by atoms with van der Waals surface area (Å²) in [6, 6.07) is 14.1. The summed E-state index contributed by atoms with van der Waals surface area (Å²) in [5.74, 6) is 0.279. The first-order chi connectivity index (χ1) is 11.4. The van der Waals surface area contributed by atoms with Crippen molar-refractivity contribution in [2.24, 2.45) is 0 Å². The maximum Gasteiger partial charge on any atom is 0.257 e. The third kappa shape index (κ3) is 5.37. The summed E-state index contributed by atoms with van der Waals surface area (Å²) in [4.78, 5) is 11.9. The largest absolute Gasteiger partial charge is 0.483 e. The molecule has 0 aliphatic heterocycles. The molecule has 1 amide bonds. The molecule has 0 atom stereocenters. The average molecular weight is 329 g/mol.